The molecule has 1 aliphatic heterocycles. The monoisotopic (exact) mass is 436 g/mol. The van der Waals surface area contributed by atoms with Gasteiger partial charge in [0, 0.05) is 18.1 Å². The van der Waals surface area contributed by atoms with Crippen molar-refractivity contribution < 1.29 is 27.1 Å². The summed E-state index contributed by atoms with van der Waals surface area (Å²) in [4.78, 5) is 12.8. The zero-order chi connectivity index (χ0) is 22.1. The number of carbonyl (C=O) groups is 1. The fourth-order valence-electron chi connectivity index (χ4n) is 3.47. The van der Waals surface area contributed by atoms with Crippen LogP contribution in [0.2, 0.25) is 0 Å². The largest absolute Gasteiger partial charge is 0.497 e. The standard InChI is InChI=1S/C21H25FN2O5S/c1-21(2)12-18(17-10-9-16(28-3)11-19(17)29-21)23-20(25)13-24(30(4,26)27)15-7-5-14(22)6-8-15/h5-11,18H,12-13H2,1-4H3,(H,23,25)/t18-/m1/s1. The predicted molar refractivity (Wildman–Crippen MR) is 112 cm³/mol. The lowest BCUT2D eigenvalue weighted by Crippen LogP contribution is -2.45. The Bertz CT molecular complexity index is 1040. The molecule has 0 fully saturated rings. The number of rotatable bonds is 6. The maximum atomic E-state index is 13.2. The van der Waals surface area contributed by atoms with Gasteiger partial charge < -0.3 is 14.8 Å². The van der Waals surface area contributed by atoms with Crippen LogP contribution in [-0.4, -0.2) is 39.8 Å². The van der Waals surface area contributed by atoms with Crippen molar-refractivity contribution >= 4 is 21.6 Å². The number of anilines is 1. The van der Waals surface area contributed by atoms with E-state index < -0.39 is 33.9 Å². The molecule has 1 heterocycles. The first kappa shape index (κ1) is 21.9. The molecule has 30 heavy (non-hydrogen) atoms. The number of halogens is 1. The second kappa shape index (κ2) is 8.14. The van der Waals surface area contributed by atoms with Gasteiger partial charge in [-0.05, 0) is 50.2 Å². The molecule has 0 radical (unpaired) electrons. The first-order valence-corrected chi connectivity index (χ1v) is 11.2. The van der Waals surface area contributed by atoms with Crippen LogP contribution in [0.5, 0.6) is 11.5 Å². The molecular weight excluding hydrogens is 411 g/mol. The quantitative estimate of drug-likeness (QED) is 0.753. The summed E-state index contributed by atoms with van der Waals surface area (Å²) in [6.45, 7) is 3.40. The van der Waals surface area contributed by atoms with E-state index in [1.165, 1.54) is 12.1 Å². The summed E-state index contributed by atoms with van der Waals surface area (Å²) >= 11 is 0. The molecule has 162 valence electrons. The summed E-state index contributed by atoms with van der Waals surface area (Å²) in [5, 5.41) is 2.91. The van der Waals surface area contributed by atoms with Crippen LogP contribution in [-0.2, 0) is 14.8 Å². The molecule has 0 saturated carbocycles. The van der Waals surface area contributed by atoms with Crippen molar-refractivity contribution in [3.05, 3.63) is 53.8 Å². The molecule has 7 nitrogen and oxygen atoms in total. The molecule has 2 aromatic rings. The van der Waals surface area contributed by atoms with Gasteiger partial charge in [-0.2, -0.15) is 0 Å². The Kier molecular flexibility index (Phi) is 5.94. The second-order valence-corrected chi connectivity index (χ2v) is 9.74. The highest BCUT2D eigenvalue weighted by Gasteiger charge is 2.35. The van der Waals surface area contributed by atoms with Gasteiger partial charge in [0.15, 0.2) is 0 Å². The molecule has 0 spiro atoms. The van der Waals surface area contributed by atoms with Crippen LogP contribution in [0.3, 0.4) is 0 Å². The average Bonchev–Trinajstić information content (AvgIpc) is 2.64. The Morgan fingerprint density at radius 2 is 1.93 bits per heavy atom. The number of sulfonamides is 1. The highest BCUT2D eigenvalue weighted by Crippen LogP contribution is 2.41. The Balaban J connectivity index is 1.83. The van der Waals surface area contributed by atoms with Gasteiger partial charge in [0.05, 0.1) is 25.1 Å². The van der Waals surface area contributed by atoms with Crippen molar-refractivity contribution in [1.29, 1.82) is 0 Å². The molecule has 0 unspecified atom stereocenters. The summed E-state index contributed by atoms with van der Waals surface area (Å²) in [5.41, 5.74) is 0.466. The Morgan fingerprint density at radius 3 is 2.53 bits per heavy atom. The topological polar surface area (TPSA) is 84.9 Å². The Hall–Kier alpha value is -2.81. The van der Waals surface area contributed by atoms with Gasteiger partial charge in [0.2, 0.25) is 15.9 Å². The number of methoxy groups -OCH3 is 1. The lowest BCUT2D eigenvalue weighted by molar-refractivity contribution is -0.120. The van der Waals surface area contributed by atoms with Crippen LogP contribution in [0.1, 0.15) is 31.9 Å². The molecule has 1 N–H and O–H groups in total. The van der Waals surface area contributed by atoms with Gasteiger partial charge in [-0.25, -0.2) is 12.8 Å². The maximum Gasteiger partial charge on any atom is 0.241 e. The van der Waals surface area contributed by atoms with Crippen LogP contribution in [0, 0.1) is 5.82 Å². The zero-order valence-corrected chi connectivity index (χ0v) is 18.1. The van der Waals surface area contributed by atoms with E-state index in [0.29, 0.717) is 17.9 Å². The number of fused-ring (bicyclic) bond motifs is 1. The van der Waals surface area contributed by atoms with Gasteiger partial charge in [0.25, 0.3) is 0 Å². The van der Waals surface area contributed by atoms with E-state index >= 15 is 0 Å². The minimum Gasteiger partial charge on any atom is -0.497 e. The third-order valence-electron chi connectivity index (χ3n) is 4.82. The number of hydrogen-bond donors (Lipinski definition) is 1. The number of nitrogens with zero attached hydrogens (tertiary/aromatic N) is 1. The van der Waals surface area contributed by atoms with Crippen molar-refractivity contribution in [2.24, 2.45) is 0 Å². The molecule has 1 atom stereocenters. The summed E-state index contributed by atoms with van der Waals surface area (Å²) in [7, 11) is -2.19. The summed E-state index contributed by atoms with van der Waals surface area (Å²) < 4.78 is 49.9. The van der Waals surface area contributed by atoms with Crippen molar-refractivity contribution in [1.82, 2.24) is 5.32 Å². The normalized spacial score (nSPS) is 17.4. The Labute approximate surface area is 175 Å². The van der Waals surface area contributed by atoms with E-state index in [-0.39, 0.29) is 11.7 Å². The number of benzene rings is 2. The van der Waals surface area contributed by atoms with Gasteiger partial charge in [0.1, 0.15) is 29.5 Å². The number of ether oxygens (including phenoxy) is 2. The highest BCUT2D eigenvalue weighted by molar-refractivity contribution is 7.92. The molecule has 0 aliphatic carbocycles. The second-order valence-electron chi connectivity index (χ2n) is 7.84. The fourth-order valence-corrected chi connectivity index (χ4v) is 4.32. The van der Waals surface area contributed by atoms with Gasteiger partial charge in [-0.3, -0.25) is 9.10 Å². The van der Waals surface area contributed by atoms with E-state index in [2.05, 4.69) is 5.32 Å². The predicted octanol–water partition coefficient (Wildman–Crippen LogP) is 3.02. The van der Waals surface area contributed by atoms with E-state index in [0.717, 1.165) is 28.3 Å². The molecule has 2 aromatic carbocycles. The molecule has 1 amide bonds. The number of carbonyl (C=O) groups excluding carboxylic acids is 1. The maximum absolute atomic E-state index is 13.2. The lowest BCUT2D eigenvalue weighted by atomic mass is 9.89. The SMILES string of the molecule is COc1ccc2c(c1)OC(C)(C)C[C@H]2NC(=O)CN(c1ccc(F)cc1)S(C)(=O)=O. The molecule has 9 heteroatoms. The number of amides is 1. The molecule has 0 saturated heterocycles. The minimum atomic E-state index is -3.75. The van der Waals surface area contributed by atoms with E-state index in [1.807, 2.05) is 19.9 Å². The van der Waals surface area contributed by atoms with Crippen LogP contribution in [0.4, 0.5) is 10.1 Å². The van der Waals surface area contributed by atoms with E-state index in [1.54, 1.807) is 19.2 Å². The van der Waals surface area contributed by atoms with Crippen LogP contribution in [0.15, 0.2) is 42.5 Å². The van der Waals surface area contributed by atoms with Crippen molar-refractivity contribution in [3.8, 4) is 11.5 Å². The van der Waals surface area contributed by atoms with Crippen LogP contribution in [0.25, 0.3) is 0 Å². The van der Waals surface area contributed by atoms with Crippen molar-refractivity contribution in [3.63, 3.8) is 0 Å². The van der Waals surface area contributed by atoms with Gasteiger partial charge in [-0.1, -0.05) is 0 Å². The molecule has 1 aliphatic rings. The first-order valence-electron chi connectivity index (χ1n) is 9.38. The minimum absolute atomic E-state index is 0.214. The van der Waals surface area contributed by atoms with E-state index in [9.17, 15) is 17.6 Å². The lowest BCUT2D eigenvalue weighted by Gasteiger charge is -2.38. The first-order chi connectivity index (χ1) is 14.0. The third-order valence-corrected chi connectivity index (χ3v) is 5.96. The average molecular weight is 437 g/mol. The van der Waals surface area contributed by atoms with Gasteiger partial charge in [-0.15, -0.1) is 0 Å². The van der Waals surface area contributed by atoms with Crippen LogP contribution < -0.4 is 19.1 Å². The molecule has 0 aromatic heterocycles. The van der Waals surface area contributed by atoms with Crippen molar-refractivity contribution in [2.45, 2.75) is 31.9 Å². The number of nitrogens with one attached hydrogen (secondary N) is 1. The van der Waals surface area contributed by atoms with Crippen molar-refractivity contribution in [2.75, 3.05) is 24.2 Å². The molecule has 0 bridgehead atoms. The summed E-state index contributed by atoms with van der Waals surface area (Å²) in [5.74, 6) is 0.271. The molecule has 3 rings (SSSR count). The number of hydrogen-bond acceptors (Lipinski definition) is 5. The third kappa shape index (κ3) is 5.02. The summed E-state index contributed by atoms with van der Waals surface area (Å²) in [6, 6.07) is 9.94. The van der Waals surface area contributed by atoms with Gasteiger partial charge >= 0.3 is 0 Å². The van der Waals surface area contributed by atoms with E-state index in [4.69, 9.17) is 9.47 Å². The molecular formula is C21H25FN2O5S. The highest BCUT2D eigenvalue weighted by atomic mass is 32.2. The van der Waals surface area contributed by atoms with Crippen LogP contribution >= 0.6 is 0 Å². The smallest absolute Gasteiger partial charge is 0.241 e. The fraction of sp³-hybridized carbons (Fsp3) is 0.381. The zero-order valence-electron chi connectivity index (χ0n) is 17.3. The Morgan fingerprint density at radius 1 is 1.27 bits per heavy atom. The summed E-state index contributed by atoms with van der Waals surface area (Å²) in [6.07, 6.45) is 1.51.